The van der Waals surface area contributed by atoms with E-state index in [-0.39, 0.29) is 0 Å². The number of nitrogens with zero attached hydrogens (tertiary/aromatic N) is 4. The maximum absolute atomic E-state index is 13.2. The van der Waals surface area contributed by atoms with E-state index in [0.717, 1.165) is 48.7 Å². The minimum absolute atomic E-state index is 0.474. The van der Waals surface area contributed by atoms with Crippen molar-refractivity contribution in [3.63, 3.8) is 0 Å². The van der Waals surface area contributed by atoms with Gasteiger partial charge in [0, 0.05) is 55.0 Å². The number of hydrogen-bond acceptors (Lipinski definition) is 8. The number of rotatable bonds is 7. The molecule has 0 spiro atoms. The molecule has 10 heteroatoms. The van der Waals surface area contributed by atoms with Gasteiger partial charge in [0.15, 0.2) is 0 Å². The molecule has 38 heavy (non-hydrogen) atoms. The van der Waals surface area contributed by atoms with Gasteiger partial charge in [-0.25, -0.2) is 14.0 Å². The van der Waals surface area contributed by atoms with Crippen molar-refractivity contribution in [2.75, 3.05) is 53.5 Å². The SMILES string of the molecule is Cc1ccc(Nc2nc(Nc3ccc(N4CCN(C)CC4)cc3)ncc2C)cc1NS(=O)(=C=O)C(C)(C)C. The Bertz CT molecular complexity index is 1430. The predicted octanol–water partition coefficient (Wildman–Crippen LogP) is 4.81. The van der Waals surface area contributed by atoms with Gasteiger partial charge in [-0.2, -0.15) is 4.98 Å². The van der Waals surface area contributed by atoms with E-state index in [9.17, 15) is 9.00 Å². The Morgan fingerprint density at radius 2 is 1.58 bits per heavy atom. The fraction of sp³-hybridized carbons (Fsp3) is 0.393. The summed E-state index contributed by atoms with van der Waals surface area (Å²) >= 11 is 0. The number of carbonyl (C=O) groups excluding carboxylic acids is 1. The summed E-state index contributed by atoms with van der Waals surface area (Å²) < 4.78 is 15.3. The molecule has 1 atom stereocenters. The van der Waals surface area contributed by atoms with Gasteiger partial charge in [-0.15, -0.1) is 0 Å². The minimum Gasteiger partial charge on any atom is -0.369 e. The molecule has 0 aliphatic carbocycles. The zero-order valence-electron chi connectivity index (χ0n) is 23.0. The van der Waals surface area contributed by atoms with E-state index in [4.69, 9.17) is 0 Å². The van der Waals surface area contributed by atoms with Crippen molar-refractivity contribution in [2.24, 2.45) is 0 Å². The molecule has 1 fully saturated rings. The summed E-state index contributed by atoms with van der Waals surface area (Å²) in [4.78, 5) is 25.5. The summed E-state index contributed by atoms with van der Waals surface area (Å²) in [5, 5.41) is 8.36. The maximum atomic E-state index is 13.2. The Labute approximate surface area is 225 Å². The van der Waals surface area contributed by atoms with E-state index < -0.39 is 14.5 Å². The topological polar surface area (TPSA) is 102 Å². The number of aryl methyl sites for hydroxylation is 2. The van der Waals surface area contributed by atoms with E-state index in [1.807, 2.05) is 44.2 Å². The molecule has 9 nitrogen and oxygen atoms in total. The third-order valence-corrected chi connectivity index (χ3v) is 9.16. The highest BCUT2D eigenvalue weighted by Crippen LogP contribution is 2.28. The van der Waals surface area contributed by atoms with Crippen LogP contribution in [0, 0.1) is 13.8 Å². The van der Waals surface area contributed by atoms with Gasteiger partial charge in [0.1, 0.15) is 15.5 Å². The van der Waals surface area contributed by atoms with Crippen molar-refractivity contribution >= 4 is 49.5 Å². The second-order valence-corrected chi connectivity index (χ2v) is 13.4. The molecule has 2 aromatic carbocycles. The summed E-state index contributed by atoms with van der Waals surface area (Å²) in [6.07, 6.45) is 1.76. The van der Waals surface area contributed by atoms with Gasteiger partial charge in [-0.05, 0) is 83.6 Å². The molecule has 0 saturated carbocycles. The molecular formula is C28H37N7O2S. The van der Waals surface area contributed by atoms with Crippen LogP contribution in [0.1, 0.15) is 31.9 Å². The Morgan fingerprint density at radius 1 is 0.921 bits per heavy atom. The average molecular weight is 536 g/mol. The van der Waals surface area contributed by atoms with Gasteiger partial charge in [0.05, 0.1) is 10.4 Å². The zero-order valence-corrected chi connectivity index (χ0v) is 23.8. The smallest absolute Gasteiger partial charge is 0.229 e. The standard InChI is InChI=1S/C28H37N7O2S/c1-20-7-8-23(17-25(20)33-38(37,19-36)28(3,4)5)30-26-21(2)18-29-27(32-26)31-22-9-11-24(12-10-22)35-15-13-34(6)14-16-35/h7-12,17-18H,13-16H2,1-6H3,(H,33,37)(H2,29,30,31,32). The summed E-state index contributed by atoms with van der Waals surface area (Å²) in [5.74, 6) is 1.12. The first-order chi connectivity index (χ1) is 18.0. The number of anilines is 6. The Balaban J connectivity index is 1.49. The van der Waals surface area contributed by atoms with Crippen LogP contribution in [-0.2, 0) is 14.5 Å². The monoisotopic (exact) mass is 535 g/mol. The second kappa shape index (κ2) is 11.0. The number of aromatic nitrogens is 2. The Kier molecular flexibility index (Phi) is 7.97. The van der Waals surface area contributed by atoms with Crippen LogP contribution in [0.25, 0.3) is 0 Å². The van der Waals surface area contributed by atoms with Crippen LogP contribution in [-0.4, -0.2) is 62.3 Å². The molecule has 4 rings (SSSR count). The van der Waals surface area contributed by atoms with Crippen LogP contribution in [0.4, 0.5) is 34.5 Å². The van der Waals surface area contributed by atoms with Crippen molar-refractivity contribution in [3.05, 3.63) is 59.8 Å². The van der Waals surface area contributed by atoms with Gasteiger partial charge in [-0.1, -0.05) is 6.07 Å². The largest absolute Gasteiger partial charge is 0.369 e. The fourth-order valence-electron chi connectivity index (χ4n) is 3.98. The molecule has 0 radical (unpaired) electrons. The number of benzene rings is 2. The van der Waals surface area contributed by atoms with Gasteiger partial charge in [-0.3, -0.25) is 0 Å². The van der Waals surface area contributed by atoms with Crippen molar-refractivity contribution in [3.8, 4) is 0 Å². The normalized spacial score (nSPS) is 15.9. The molecular weight excluding hydrogens is 498 g/mol. The maximum Gasteiger partial charge on any atom is 0.229 e. The zero-order chi connectivity index (χ0) is 27.5. The first-order valence-corrected chi connectivity index (χ1v) is 14.3. The molecule has 1 aliphatic heterocycles. The number of likely N-dealkylation sites (N-methyl/N-ethyl adjacent to an activating group) is 1. The summed E-state index contributed by atoms with van der Waals surface area (Å²) in [7, 11) is -0.941. The molecule has 3 aromatic rings. The fourth-order valence-corrected chi connectivity index (χ4v) is 5.11. The molecule has 0 amide bonds. The van der Waals surface area contributed by atoms with Crippen LogP contribution >= 0.6 is 0 Å². The van der Waals surface area contributed by atoms with Crippen LogP contribution in [0.5, 0.6) is 0 Å². The molecule has 2 heterocycles. The van der Waals surface area contributed by atoms with E-state index in [1.165, 1.54) is 5.69 Å². The summed E-state index contributed by atoms with van der Waals surface area (Å²) in [6, 6.07) is 14.0. The number of piperazine rings is 1. The molecule has 1 aliphatic rings. The van der Waals surface area contributed by atoms with Gasteiger partial charge in [0.25, 0.3) is 0 Å². The molecule has 1 saturated heterocycles. The number of hydrogen-bond donors (Lipinski definition) is 3. The van der Waals surface area contributed by atoms with E-state index >= 15 is 0 Å². The summed E-state index contributed by atoms with van der Waals surface area (Å²) in [5.41, 5.74) is 5.19. The first-order valence-electron chi connectivity index (χ1n) is 12.7. The third kappa shape index (κ3) is 6.27. The molecule has 1 aromatic heterocycles. The van der Waals surface area contributed by atoms with Gasteiger partial charge < -0.3 is 25.2 Å². The van der Waals surface area contributed by atoms with Crippen molar-refractivity contribution < 1.29 is 9.00 Å². The highest BCUT2D eigenvalue weighted by atomic mass is 32.2. The highest BCUT2D eigenvalue weighted by Gasteiger charge is 2.27. The van der Waals surface area contributed by atoms with Crippen LogP contribution < -0.4 is 20.3 Å². The molecule has 3 N–H and O–H groups in total. The lowest BCUT2D eigenvalue weighted by atomic mass is 10.2. The van der Waals surface area contributed by atoms with Crippen molar-refractivity contribution in [1.82, 2.24) is 14.9 Å². The Morgan fingerprint density at radius 3 is 2.21 bits per heavy atom. The van der Waals surface area contributed by atoms with Crippen LogP contribution in [0.15, 0.2) is 48.7 Å². The third-order valence-electron chi connectivity index (χ3n) is 6.70. The number of nitrogens with one attached hydrogen (secondary N) is 3. The van der Waals surface area contributed by atoms with Crippen molar-refractivity contribution in [2.45, 2.75) is 39.4 Å². The molecule has 0 bridgehead atoms. The van der Waals surface area contributed by atoms with E-state index in [0.29, 0.717) is 17.5 Å². The molecule has 202 valence electrons. The van der Waals surface area contributed by atoms with Crippen LogP contribution in [0.2, 0.25) is 0 Å². The predicted molar refractivity (Wildman–Crippen MR) is 158 cm³/mol. The second-order valence-electron chi connectivity index (χ2n) is 10.7. The van der Waals surface area contributed by atoms with Crippen molar-refractivity contribution in [1.29, 1.82) is 0 Å². The van der Waals surface area contributed by atoms with Crippen LogP contribution in [0.3, 0.4) is 0 Å². The average Bonchev–Trinajstić information content (AvgIpc) is 2.88. The van der Waals surface area contributed by atoms with E-state index in [2.05, 4.69) is 54.3 Å². The minimum atomic E-state index is -3.09. The lowest BCUT2D eigenvalue weighted by Crippen LogP contribution is -2.44. The molecule has 1 unspecified atom stereocenters. The lowest BCUT2D eigenvalue weighted by molar-refractivity contribution is 0.313. The first kappa shape index (κ1) is 27.4. The Hall–Kier alpha value is -3.59. The highest BCUT2D eigenvalue weighted by molar-refractivity contribution is 8.03. The quantitative estimate of drug-likeness (QED) is 0.371. The summed E-state index contributed by atoms with van der Waals surface area (Å²) in [6.45, 7) is 13.3. The van der Waals surface area contributed by atoms with E-state index in [1.54, 1.807) is 32.2 Å². The van der Waals surface area contributed by atoms with Gasteiger partial charge in [0.2, 0.25) is 11.2 Å². The lowest BCUT2D eigenvalue weighted by Gasteiger charge is -2.34. The van der Waals surface area contributed by atoms with Gasteiger partial charge >= 0.3 is 0 Å².